The zero-order valence-electron chi connectivity index (χ0n) is 8.08. The number of carboxylic acids is 1. The molecule has 0 saturated heterocycles. The number of carbonyl (C=O) groups is 1. The monoisotopic (exact) mass is 212 g/mol. The molecule has 0 amide bonds. The van der Waals surface area contributed by atoms with Crippen LogP contribution in [0.5, 0.6) is 5.75 Å². The predicted octanol–water partition coefficient (Wildman–Crippen LogP) is 0.505. The summed E-state index contributed by atoms with van der Waals surface area (Å²) in [6, 6.07) is 3.96. The average molecular weight is 212 g/mol. The lowest BCUT2D eigenvalue weighted by Gasteiger charge is -2.16. The van der Waals surface area contributed by atoms with E-state index < -0.39 is 23.9 Å². The Morgan fingerprint density at radius 1 is 1.33 bits per heavy atom. The quantitative estimate of drug-likeness (QED) is 0.585. The van der Waals surface area contributed by atoms with Gasteiger partial charge in [-0.25, -0.2) is 4.79 Å². The molecule has 0 spiro atoms. The van der Waals surface area contributed by atoms with Gasteiger partial charge in [-0.2, -0.15) is 0 Å². The van der Waals surface area contributed by atoms with E-state index in [1.807, 2.05) is 0 Å². The molecule has 0 heterocycles. The van der Waals surface area contributed by atoms with Gasteiger partial charge in [-0.15, -0.1) is 0 Å². The molecule has 0 aliphatic heterocycles. The molecule has 0 bridgehead atoms. The van der Waals surface area contributed by atoms with Crippen LogP contribution in [0.15, 0.2) is 18.2 Å². The lowest BCUT2D eigenvalue weighted by atomic mass is 9.98. The number of aromatic carboxylic acids is 1. The van der Waals surface area contributed by atoms with Crippen molar-refractivity contribution in [2.24, 2.45) is 0 Å². The minimum absolute atomic E-state index is 0.00231. The van der Waals surface area contributed by atoms with E-state index in [-0.39, 0.29) is 11.1 Å². The zero-order chi connectivity index (χ0) is 11.6. The molecule has 0 aromatic heterocycles. The van der Waals surface area contributed by atoms with Crippen LogP contribution in [0.25, 0.3) is 0 Å². The third-order valence-electron chi connectivity index (χ3n) is 2.06. The number of aliphatic hydroxyl groups excluding tert-OH is 2. The first-order valence-corrected chi connectivity index (χ1v) is 4.36. The van der Waals surface area contributed by atoms with Crippen LogP contribution in [-0.2, 0) is 0 Å². The lowest BCUT2D eigenvalue weighted by molar-refractivity contribution is 0.0290. The zero-order valence-corrected chi connectivity index (χ0v) is 8.08. The van der Waals surface area contributed by atoms with Gasteiger partial charge in [0.1, 0.15) is 17.4 Å². The summed E-state index contributed by atoms with van der Waals surface area (Å²) in [4.78, 5) is 10.8. The van der Waals surface area contributed by atoms with Gasteiger partial charge in [0.15, 0.2) is 0 Å². The Morgan fingerprint density at radius 2 is 1.93 bits per heavy atom. The van der Waals surface area contributed by atoms with Crippen LogP contribution < -0.4 is 0 Å². The number of hydrogen-bond donors (Lipinski definition) is 4. The number of carboxylic acid groups (broad SMARTS) is 1. The summed E-state index contributed by atoms with van der Waals surface area (Å²) in [6.07, 6.45) is -2.44. The van der Waals surface area contributed by atoms with Crippen molar-refractivity contribution in [1.29, 1.82) is 0 Å². The Hall–Kier alpha value is -1.59. The van der Waals surface area contributed by atoms with E-state index in [1.54, 1.807) is 0 Å². The molecule has 0 saturated carbocycles. The second-order valence-electron chi connectivity index (χ2n) is 3.23. The molecule has 82 valence electrons. The van der Waals surface area contributed by atoms with Crippen LogP contribution in [0.1, 0.15) is 28.9 Å². The maximum atomic E-state index is 10.8. The van der Waals surface area contributed by atoms with Gasteiger partial charge in [0.05, 0.1) is 6.10 Å². The molecule has 0 unspecified atom stereocenters. The second-order valence-corrected chi connectivity index (χ2v) is 3.23. The minimum Gasteiger partial charge on any atom is -0.507 e. The highest BCUT2D eigenvalue weighted by molar-refractivity contribution is 5.92. The number of phenols is 1. The van der Waals surface area contributed by atoms with Gasteiger partial charge < -0.3 is 20.4 Å². The fourth-order valence-corrected chi connectivity index (χ4v) is 1.30. The highest BCUT2D eigenvalue weighted by Crippen LogP contribution is 2.27. The lowest BCUT2D eigenvalue weighted by Crippen LogP contribution is -2.17. The number of rotatable bonds is 3. The predicted molar refractivity (Wildman–Crippen MR) is 51.7 cm³/mol. The van der Waals surface area contributed by atoms with E-state index in [0.29, 0.717) is 0 Å². The van der Waals surface area contributed by atoms with Crippen molar-refractivity contribution >= 4 is 5.97 Å². The van der Waals surface area contributed by atoms with E-state index in [9.17, 15) is 15.0 Å². The van der Waals surface area contributed by atoms with Crippen molar-refractivity contribution in [2.45, 2.75) is 19.1 Å². The van der Waals surface area contributed by atoms with Crippen LogP contribution in [-0.4, -0.2) is 32.5 Å². The van der Waals surface area contributed by atoms with Gasteiger partial charge in [-0.3, -0.25) is 0 Å². The summed E-state index contributed by atoms with van der Waals surface area (Å²) in [5.41, 5.74) is -0.386. The van der Waals surface area contributed by atoms with E-state index in [2.05, 4.69) is 0 Å². The van der Waals surface area contributed by atoms with Crippen LogP contribution in [0, 0.1) is 0 Å². The highest BCUT2D eigenvalue weighted by Gasteiger charge is 2.23. The van der Waals surface area contributed by atoms with Crippen LogP contribution in [0.2, 0.25) is 0 Å². The molecule has 5 heteroatoms. The van der Waals surface area contributed by atoms with Crippen molar-refractivity contribution in [1.82, 2.24) is 0 Å². The second kappa shape index (κ2) is 4.29. The summed E-state index contributed by atoms with van der Waals surface area (Å²) < 4.78 is 0. The fraction of sp³-hybridized carbons (Fsp3) is 0.300. The maximum absolute atomic E-state index is 10.8. The third kappa shape index (κ3) is 2.26. The Labute approximate surface area is 86.2 Å². The average Bonchev–Trinajstić information content (AvgIpc) is 2.15. The Bertz CT molecular complexity index is 372. The SMILES string of the molecule is C[C@H](O)[C@H](O)c1cccc(O)c1C(=O)O. The molecule has 1 aromatic rings. The van der Waals surface area contributed by atoms with Gasteiger partial charge >= 0.3 is 5.97 Å². The van der Waals surface area contributed by atoms with Gasteiger partial charge in [-0.05, 0) is 13.0 Å². The van der Waals surface area contributed by atoms with Gasteiger partial charge in [0, 0.05) is 5.56 Å². The highest BCUT2D eigenvalue weighted by atomic mass is 16.4. The summed E-state index contributed by atoms with van der Waals surface area (Å²) in [7, 11) is 0. The maximum Gasteiger partial charge on any atom is 0.339 e. The molecule has 0 aliphatic carbocycles. The van der Waals surface area contributed by atoms with E-state index >= 15 is 0 Å². The van der Waals surface area contributed by atoms with Crippen molar-refractivity contribution in [3.63, 3.8) is 0 Å². The fourth-order valence-electron chi connectivity index (χ4n) is 1.30. The van der Waals surface area contributed by atoms with Crippen molar-refractivity contribution < 1.29 is 25.2 Å². The summed E-state index contributed by atoms with van der Waals surface area (Å²) in [6.45, 7) is 1.33. The molecular formula is C10H12O5. The number of benzene rings is 1. The van der Waals surface area contributed by atoms with Gasteiger partial charge in [0.25, 0.3) is 0 Å². The largest absolute Gasteiger partial charge is 0.507 e. The van der Waals surface area contributed by atoms with Crippen molar-refractivity contribution in [3.8, 4) is 5.75 Å². The van der Waals surface area contributed by atoms with Crippen LogP contribution >= 0.6 is 0 Å². The topological polar surface area (TPSA) is 98.0 Å². The minimum atomic E-state index is -1.34. The molecule has 0 fully saturated rings. The van der Waals surface area contributed by atoms with Gasteiger partial charge in [-0.1, -0.05) is 12.1 Å². The first kappa shape index (κ1) is 11.5. The normalized spacial score (nSPS) is 14.6. The smallest absolute Gasteiger partial charge is 0.339 e. The van der Waals surface area contributed by atoms with Crippen LogP contribution in [0.4, 0.5) is 0 Å². The Balaban J connectivity index is 3.29. The van der Waals surface area contributed by atoms with Crippen molar-refractivity contribution in [3.05, 3.63) is 29.3 Å². The number of aliphatic hydroxyl groups is 2. The molecule has 1 rings (SSSR count). The molecule has 4 N–H and O–H groups in total. The third-order valence-corrected chi connectivity index (χ3v) is 2.06. The molecule has 2 atom stereocenters. The molecule has 0 aliphatic rings. The molecule has 0 radical (unpaired) electrons. The van der Waals surface area contributed by atoms with Gasteiger partial charge in [0.2, 0.25) is 0 Å². The van der Waals surface area contributed by atoms with E-state index in [4.69, 9.17) is 10.2 Å². The summed E-state index contributed by atoms with van der Waals surface area (Å²) in [5.74, 6) is -1.78. The Kier molecular flexibility index (Phi) is 3.28. The summed E-state index contributed by atoms with van der Waals surface area (Å²) >= 11 is 0. The van der Waals surface area contributed by atoms with Crippen molar-refractivity contribution in [2.75, 3.05) is 0 Å². The van der Waals surface area contributed by atoms with Crippen LogP contribution in [0.3, 0.4) is 0 Å². The summed E-state index contributed by atoms with van der Waals surface area (Å²) in [5, 5.41) is 36.8. The standard InChI is InChI=1S/C10H12O5/c1-5(11)9(13)6-3-2-4-7(12)8(6)10(14)15/h2-5,9,11-13H,1H3,(H,14,15)/t5-,9-/m0/s1. The van der Waals surface area contributed by atoms with E-state index in [1.165, 1.54) is 25.1 Å². The number of hydrogen-bond acceptors (Lipinski definition) is 4. The Morgan fingerprint density at radius 3 is 2.40 bits per heavy atom. The first-order chi connectivity index (χ1) is 6.95. The molecular weight excluding hydrogens is 200 g/mol. The molecule has 5 nitrogen and oxygen atoms in total. The van der Waals surface area contributed by atoms with E-state index in [0.717, 1.165) is 0 Å². The number of aromatic hydroxyl groups is 1. The molecule has 1 aromatic carbocycles. The molecule has 15 heavy (non-hydrogen) atoms. The first-order valence-electron chi connectivity index (χ1n) is 4.36.